The van der Waals surface area contributed by atoms with Crippen LogP contribution in [-0.2, 0) is 27.2 Å². The van der Waals surface area contributed by atoms with Gasteiger partial charge in [-0.15, -0.1) is 0 Å². The molecule has 10 heavy (non-hydrogen) atoms. The maximum atomic E-state index is 10.7. The molecule has 1 N–H and O–H groups in total. The van der Waals surface area contributed by atoms with Crippen LogP contribution in [0.4, 0.5) is 0 Å². The molecule has 0 fully saturated rings. The van der Waals surface area contributed by atoms with Gasteiger partial charge in [-0.05, 0) is 6.92 Å². The fraction of sp³-hybridized carbons (Fsp3) is 0.571. The molecule has 1 radical (unpaired) electrons. The van der Waals surface area contributed by atoms with Crippen molar-refractivity contribution in [1.29, 1.82) is 0 Å². The van der Waals surface area contributed by atoms with E-state index in [9.17, 15) is 4.79 Å². The first-order valence-corrected chi connectivity index (χ1v) is 2.95. The fourth-order valence-corrected chi connectivity index (χ4v) is 0.373. The molecule has 0 spiro atoms. The van der Waals surface area contributed by atoms with E-state index in [0.29, 0.717) is 0 Å². The van der Waals surface area contributed by atoms with Crippen molar-refractivity contribution in [2.75, 3.05) is 0 Å². The molecule has 0 bridgehead atoms. The van der Waals surface area contributed by atoms with Crippen molar-refractivity contribution in [3.8, 4) is 0 Å². The largest absolute Gasteiger partial charge is 0.512 e. The van der Waals surface area contributed by atoms with Crippen LogP contribution in [0.25, 0.3) is 0 Å². The van der Waals surface area contributed by atoms with Crippen LogP contribution in [0, 0.1) is 5.92 Å². The van der Waals surface area contributed by atoms with Crippen molar-refractivity contribution in [1.82, 2.24) is 0 Å². The minimum atomic E-state index is -0.0324. The monoisotopic (exact) mass is 325 g/mol. The van der Waals surface area contributed by atoms with Crippen molar-refractivity contribution in [3.63, 3.8) is 0 Å². The molecule has 0 saturated carbocycles. The Morgan fingerprint density at radius 3 is 2.00 bits per heavy atom. The average molecular weight is 325 g/mol. The molecule has 0 aromatic heterocycles. The second-order valence-corrected chi connectivity index (χ2v) is 2.34. The van der Waals surface area contributed by atoms with Gasteiger partial charge in [0.1, 0.15) is 0 Å². The minimum absolute atomic E-state index is 0. The number of aliphatic hydroxyl groups is 1. The number of carbonyl (C=O) groups is 1. The molecule has 0 aromatic rings. The van der Waals surface area contributed by atoms with Gasteiger partial charge < -0.3 is 5.11 Å². The first-order valence-electron chi connectivity index (χ1n) is 2.95. The molecule has 0 aliphatic heterocycles. The predicted octanol–water partition coefficient (Wildman–Crippen LogP) is 1.67. The number of rotatable bonds is 2. The third-order valence-electron chi connectivity index (χ3n) is 0.920. The Morgan fingerprint density at radius 1 is 1.50 bits per heavy atom. The molecule has 0 atom stereocenters. The van der Waals surface area contributed by atoms with E-state index in [1.807, 2.05) is 0 Å². The zero-order chi connectivity index (χ0) is 7.44. The van der Waals surface area contributed by atoms with E-state index in [0.717, 1.165) is 0 Å². The fourth-order valence-electron chi connectivity index (χ4n) is 0.373. The summed E-state index contributed by atoms with van der Waals surface area (Å²) in [6.45, 7) is 5.07. The maximum absolute atomic E-state index is 10.7. The molecule has 0 heterocycles. The molecule has 0 aromatic carbocycles. The summed E-state index contributed by atoms with van der Waals surface area (Å²) in [6.07, 6.45) is 1.24. The summed E-state index contributed by atoms with van der Waals surface area (Å²) in [6, 6.07) is 0. The Bertz CT molecular complexity index is 135. The van der Waals surface area contributed by atoms with E-state index in [1.165, 1.54) is 13.0 Å². The summed E-state index contributed by atoms with van der Waals surface area (Å²) in [4.78, 5) is 10.7. The molecule has 0 aliphatic rings. The SMILES string of the molecule is C/C(O)=C/C(=O)C(C)C.[Au]. The van der Waals surface area contributed by atoms with Gasteiger partial charge in [-0.1, -0.05) is 13.8 Å². The molecule has 0 aliphatic carbocycles. The van der Waals surface area contributed by atoms with E-state index in [4.69, 9.17) is 5.11 Å². The van der Waals surface area contributed by atoms with E-state index in [-0.39, 0.29) is 39.8 Å². The van der Waals surface area contributed by atoms with Gasteiger partial charge in [0.2, 0.25) is 0 Å². The second kappa shape index (κ2) is 5.71. The summed E-state index contributed by atoms with van der Waals surface area (Å²) in [5.41, 5.74) is 0. The Hall–Kier alpha value is -0.0497. The van der Waals surface area contributed by atoms with Gasteiger partial charge in [-0.2, -0.15) is 0 Å². The maximum Gasteiger partial charge on any atom is 0.161 e. The van der Waals surface area contributed by atoms with Crippen LogP contribution in [0.2, 0.25) is 0 Å². The van der Waals surface area contributed by atoms with Crippen molar-refractivity contribution in [2.24, 2.45) is 5.92 Å². The van der Waals surface area contributed by atoms with Crippen LogP contribution in [0.15, 0.2) is 11.8 Å². The Balaban J connectivity index is 0. The summed E-state index contributed by atoms with van der Waals surface area (Å²) in [5.74, 6) is 0.0239. The number of hydrogen-bond donors (Lipinski definition) is 1. The van der Waals surface area contributed by atoms with E-state index >= 15 is 0 Å². The summed E-state index contributed by atoms with van der Waals surface area (Å²) >= 11 is 0. The average Bonchev–Trinajstić information content (AvgIpc) is 1.63. The minimum Gasteiger partial charge on any atom is -0.512 e. The first kappa shape index (κ1) is 12.6. The Morgan fingerprint density at radius 2 is 1.90 bits per heavy atom. The number of carbonyl (C=O) groups excluding carboxylic acids is 1. The van der Waals surface area contributed by atoms with Crippen LogP contribution < -0.4 is 0 Å². The zero-order valence-corrected chi connectivity index (χ0v) is 8.48. The van der Waals surface area contributed by atoms with Crippen molar-refractivity contribution in [3.05, 3.63) is 11.8 Å². The van der Waals surface area contributed by atoms with Crippen LogP contribution in [-0.4, -0.2) is 10.9 Å². The topological polar surface area (TPSA) is 37.3 Å². The second-order valence-electron chi connectivity index (χ2n) is 2.34. The molecule has 0 saturated heterocycles. The summed E-state index contributed by atoms with van der Waals surface area (Å²) < 4.78 is 0. The summed E-state index contributed by atoms with van der Waals surface area (Å²) in [7, 11) is 0. The molecule has 0 rings (SSSR count). The van der Waals surface area contributed by atoms with Crippen molar-refractivity contribution < 1.29 is 32.3 Å². The molecule has 3 heteroatoms. The quantitative estimate of drug-likeness (QED) is 0.476. The van der Waals surface area contributed by atoms with Crippen LogP contribution in [0.1, 0.15) is 20.8 Å². The van der Waals surface area contributed by atoms with Gasteiger partial charge in [0, 0.05) is 34.4 Å². The summed E-state index contributed by atoms with van der Waals surface area (Å²) in [5, 5.41) is 8.61. The number of aliphatic hydroxyl groups excluding tert-OH is 1. The predicted molar refractivity (Wildman–Crippen MR) is 36.2 cm³/mol. The smallest absolute Gasteiger partial charge is 0.161 e. The van der Waals surface area contributed by atoms with E-state index < -0.39 is 0 Å². The molecule has 63 valence electrons. The molecule has 0 unspecified atom stereocenters. The molecule has 2 nitrogen and oxygen atoms in total. The number of hydrogen-bond acceptors (Lipinski definition) is 2. The van der Waals surface area contributed by atoms with Gasteiger partial charge in [0.25, 0.3) is 0 Å². The molecule has 0 amide bonds. The first-order chi connectivity index (χ1) is 4.04. The van der Waals surface area contributed by atoms with Crippen LogP contribution in [0.3, 0.4) is 0 Å². The Labute approximate surface area is 76.8 Å². The number of ketones is 1. The Kier molecular flexibility index (Phi) is 7.21. The van der Waals surface area contributed by atoms with Gasteiger partial charge >= 0.3 is 0 Å². The van der Waals surface area contributed by atoms with Crippen LogP contribution in [0.5, 0.6) is 0 Å². The normalized spacial score (nSPS) is 11.0. The van der Waals surface area contributed by atoms with E-state index in [1.54, 1.807) is 13.8 Å². The van der Waals surface area contributed by atoms with Crippen molar-refractivity contribution in [2.45, 2.75) is 20.8 Å². The van der Waals surface area contributed by atoms with Gasteiger partial charge in [0.15, 0.2) is 5.78 Å². The third-order valence-corrected chi connectivity index (χ3v) is 0.920. The zero-order valence-electron chi connectivity index (χ0n) is 6.31. The standard InChI is InChI=1S/C7H12O2.Au/c1-5(2)7(9)4-6(3)8;/h4-5,8H,1-3H3;/b6-4-;. The van der Waals surface area contributed by atoms with Gasteiger partial charge in [-0.3, -0.25) is 4.79 Å². The third kappa shape index (κ3) is 6.08. The van der Waals surface area contributed by atoms with E-state index in [2.05, 4.69) is 0 Å². The number of allylic oxidation sites excluding steroid dienone is 2. The van der Waals surface area contributed by atoms with Gasteiger partial charge in [-0.25, -0.2) is 0 Å². The van der Waals surface area contributed by atoms with Crippen molar-refractivity contribution >= 4 is 5.78 Å². The van der Waals surface area contributed by atoms with Gasteiger partial charge in [0.05, 0.1) is 5.76 Å². The molecular formula is C7H12AuO2. The molecular weight excluding hydrogens is 313 g/mol. The van der Waals surface area contributed by atoms with Crippen LogP contribution >= 0.6 is 0 Å².